The first kappa shape index (κ1) is 29.1. The van der Waals surface area contributed by atoms with E-state index in [2.05, 4.69) is 80.7 Å². The molecule has 1 aromatic heterocycles. The topological polar surface area (TPSA) is 80.4 Å². The summed E-state index contributed by atoms with van der Waals surface area (Å²) < 4.78 is 17.6. The number of hydrogen-bond donors (Lipinski definition) is 3. The molecule has 6 rings (SSSR count). The number of hydrogen-bond acceptors (Lipinski definition) is 6. The summed E-state index contributed by atoms with van der Waals surface area (Å²) in [6, 6.07) is 13.6. The average Bonchev–Trinajstić information content (AvgIpc) is 3.76. The molecule has 2 saturated carbocycles. The molecule has 2 aliphatic carbocycles. The number of aromatic amines is 1. The first-order valence-corrected chi connectivity index (χ1v) is 15.9. The Morgan fingerprint density at radius 3 is 2.45 bits per heavy atom. The standard InChI is InChI=1S/C35H48N4O3/c1-22-14-23(2)16-28(15-22)33-31(24(3)18-36-13-12-25-6-11-29-30(17-25)42-21-41-29)34(39-38-33)40-20-35(4,5)19-37-32-26-7-8-27(32)10-9-26/h6,11,14-17,24,26-27,32,36-37H,7-10,12-13,18-21H2,1-5H3,(H,38,39)/t24-,26?,27?,32?/m1/s1. The molecule has 1 atom stereocenters. The predicted octanol–water partition coefficient (Wildman–Crippen LogP) is 6.54. The molecule has 2 fully saturated rings. The number of aryl methyl sites for hydroxylation is 2. The van der Waals surface area contributed by atoms with Gasteiger partial charge in [-0.05, 0) is 94.2 Å². The fourth-order valence-electron chi connectivity index (χ4n) is 7.28. The van der Waals surface area contributed by atoms with E-state index in [1.165, 1.54) is 42.4 Å². The third-order valence-corrected chi connectivity index (χ3v) is 9.50. The van der Waals surface area contributed by atoms with Crippen LogP contribution in [0, 0.1) is 31.1 Å². The van der Waals surface area contributed by atoms with Crippen LogP contribution in [0.15, 0.2) is 36.4 Å². The van der Waals surface area contributed by atoms with Crippen LogP contribution < -0.4 is 24.8 Å². The van der Waals surface area contributed by atoms with Gasteiger partial charge in [0.05, 0.1) is 12.3 Å². The van der Waals surface area contributed by atoms with E-state index >= 15 is 0 Å². The van der Waals surface area contributed by atoms with Gasteiger partial charge >= 0.3 is 0 Å². The number of nitrogens with zero attached hydrogens (tertiary/aromatic N) is 1. The van der Waals surface area contributed by atoms with Crippen molar-refractivity contribution >= 4 is 0 Å². The Kier molecular flexibility index (Phi) is 8.51. The van der Waals surface area contributed by atoms with Crippen LogP contribution in [-0.4, -0.2) is 49.3 Å². The number of rotatable bonds is 13. The fraction of sp³-hybridized carbons (Fsp3) is 0.571. The Balaban J connectivity index is 1.11. The van der Waals surface area contributed by atoms with Crippen molar-refractivity contribution in [3.05, 3.63) is 58.7 Å². The van der Waals surface area contributed by atoms with Gasteiger partial charge in [0.2, 0.25) is 12.7 Å². The van der Waals surface area contributed by atoms with Gasteiger partial charge in [-0.1, -0.05) is 44.0 Å². The third-order valence-electron chi connectivity index (χ3n) is 9.50. The zero-order valence-corrected chi connectivity index (χ0v) is 26.0. The highest BCUT2D eigenvalue weighted by molar-refractivity contribution is 5.67. The molecule has 0 amide bonds. The van der Waals surface area contributed by atoms with Crippen LogP contribution in [0.4, 0.5) is 0 Å². The van der Waals surface area contributed by atoms with Crippen LogP contribution in [-0.2, 0) is 6.42 Å². The van der Waals surface area contributed by atoms with E-state index in [0.717, 1.165) is 72.1 Å². The van der Waals surface area contributed by atoms with Crippen LogP contribution in [0.5, 0.6) is 17.4 Å². The number of nitrogens with one attached hydrogen (secondary N) is 3. The van der Waals surface area contributed by atoms with Crippen molar-refractivity contribution < 1.29 is 14.2 Å². The minimum Gasteiger partial charge on any atom is -0.476 e. The summed E-state index contributed by atoms with van der Waals surface area (Å²) in [5.41, 5.74) is 7.10. The van der Waals surface area contributed by atoms with Crippen molar-refractivity contribution in [1.82, 2.24) is 20.8 Å². The van der Waals surface area contributed by atoms with Crippen molar-refractivity contribution in [2.45, 2.75) is 78.7 Å². The van der Waals surface area contributed by atoms with Gasteiger partial charge in [0.15, 0.2) is 11.5 Å². The number of H-pyrrole nitrogens is 1. The van der Waals surface area contributed by atoms with E-state index in [1.807, 2.05) is 6.07 Å². The lowest BCUT2D eigenvalue weighted by Gasteiger charge is -2.28. The SMILES string of the molecule is Cc1cc(C)cc(-c2[nH]nc(OCC(C)(C)CNC3C4CCC3CC4)c2[C@H](C)CNCCc2ccc3c(c2)OCO3)c1. The smallest absolute Gasteiger partial charge is 0.236 e. The van der Waals surface area contributed by atoms with Gasteiger partial charge in [-0.3, -0.25) is 5.10 Å². The monoisotopic (exact) mass is 572 g/mol. The maximum absolute atomic E-state index is 6.55. The molecule has 0 unspecified atom stereocenters. The first-order chi connectivity index (χ1) is 20.3. The molecule has 2 heterocycles. The molecule has 7 heteroatoms. The van der Waals surface area contributed by atoms with Crippen LogP contribution in [0.3, 0.4) is 0 Å². The van der Waals surface area contributed by atoms with E-state index < -0.39 is 0 Å². The molecular formula is C35H48N4O3. The fourth-order valence-corrected chi connectivity index (χ4v) is 7.28. The molecule has 0 saturated heterocycles. The maximum Gasteiger partial charge on any atom is 0.236 e. The van der Waals surface area contributed by atoms with E-state index in [0.29, 0.717) is 19.4 Å². The van der Waals surface area contributed by atoms with Crippen LogP contribution in [0.1, 0.15) is 74.6 Å². The number of fused-ring (bicyclic) bond motifs is 3. The Labute approximate surface area is 251 Å². The van der Waals surface area contributed by atoms with E-state index in [9.17, 15) is 0 Å². The summed E-state index contributed by atoms with van der Waals surface area (Å²) in [5.74, 6) is 4.36. The highest BCUT2D eigenvalue weighted by Crippen LogP contribution is 2.45. The molecule has 0 radical (unpaired) electrons. The molecule has 2 aromatic carbocycles. The molecule has 1 aliphatic heterocycles. The Hall–Kier alpha value is -3.03. The van der Waals surface area contributed by atoms with Gasteiger partial charge in [-0.25, -0.2) is 0 Å². The third kappa shape index (κ3) is 6.47. The maximum atomic E-state index is 6.55. The Morgan fingerprint density at radius 2 is 1.71 bits per heavy atom. The van der Waals surface area contributed by atoms with Crippen molar-refractivity contribution in [2.24, 2.45) is 17.3 Å². The first-order valence-electron chi connectivity index (χ1n) is 15.9. The summed E-state index contributed by atoms with van der Waals surface area (Å²) in [6.45, 7) is 14.8. The summed E-state index contributed by atoms with van der Waals surface area (Å²) in [6.07, 6.45) is 6.53. The zero-order valence-electron chi connectivity index (χ0n) is 26.0. The lowest BCUT2D eigenvalue weighted by molar-refractivity contribution is 0.161. The highest BCUT2D eigenvalue weighted by atomic mass is 16.7. The van der Waals surface area contributed by atoms with E-state index in [4.69, 9.17) is 19.3 Å². The van der Waals surface area contributed by atoms with Crippen LogP contribution in [0.2, 0.25) is 0 Å². The predicted molar refractivity (Wildman–Crippen MR) is 168 cm³/mol. The summed E-state index contributed by atoms with van der Waals surface area (Å²) in [7, 11) is 0. The van der Waals surface area contributed by atoms with E-state index in [1.54, 1.807) is 0 Å². The normalized spacial score (nSPS) is 21.7. The van der Waals surface area contributed by atoms with Gasteiger partial charge < -0.3 is 24.8 Å². The quantitative estimate of drug-likeness (QED) is 0.202. The molecule has 226 valence electrons. The zero-order chi connectivity index (χ0) is 29.3. The van der Waals surface area contributed by atoms with Crippen LogP contribution in [0.25, 0.3) is 11.3 Å². The van der Waals surface area contributed by atoms with Gasteiger partial charge in [-0.15, -0.1) is 5.10 Å². The molecule has 3 aliphatic rings. The molecular weight excluding hydrogens is 524 g/mol. The second-order valence-corrected chi connectivity index (χ2v) is 13.8. The van der Waals surface area contributed by atoms with Crippen molar-refractivity contribution in [2.75, 3.05) is 33.0 Å². The largest absolute Gasteiger partial charge is 0.476 e. The minimum absolute atomic E-state index is 0.00440. The lowest BCUT2D eigenvalue weighted by Crippen LogP contribution is -2.42. The highest BCUT2D eigenvalue weighted by Gasteiger charge is 2.41. The molecule has 3 N–H and O–H groups in total. The number of aromatic nitrogens is 2. The van der Waals surface area contributed by atoms with Crippen LogP contribution >= 0.6 is 0 Å². The Bertz CT molecular complexity index is 1340. The molecule has 42 heavy (non-hydrogen) atoms. The molecule has 7 nitrogen and oxygen atoms in total. The summed E-state index contributed by atoms with van der Waals surface area (Å²) in [4.78, 5) is 0. The lowest BCUT2D eigenvalue weighted by atomic mass is 9.93. The molecule has 0 spiro atoms. The van der Waals surface area contributed by atoms with Crippen molar-refractivity contribution in [3.8, 4) is 28.6 Å². The number of ether oxygens (including phenoxy) is 3. The van der Waals surface area contributed by atoms with Crippen molar-refractivity contribution in [1.29, 1.82) is 0 Å². The Morgan fingerprint density at radius 1 is 1.00 bits per heavy atom. The van der Waals surface area contributed by atoms with Gasteiger partial charge in [0, 0.05) is 41.6 Å². The average molecular weight is 573 g/mol. The van der Waals surface area contributed by atoms with Crippen molar-refractivity contribution in [3.63, 3.8) is 0 Å². The van der Waals surface area contributed by atoms with E-state index in [-0.39, 0.29) is 11.3 Å². The van der Waals surface area contributed by atoms with Gasteiger partial charge in [0.25, 0.3) is 0 Å². The van der Waals surface area contributed by atoms with Gasteiger partial charge in [-0.2, -0.15) is 0 Å². The molecule has 3 aromatic rings. The summed E-state index contributed by atoms with van der Waals surface area (Å²) in [5, 5.41) is 15.7. The second kappa shape index (κ2) is 12.3. The summed E-state index contributed by atoms with van der Waals surface area (Å²) >= 11 is 0. The minimum atomic E-state index is 0.00440. The van der Waals surface area contributed by atoms with Gasteiger partial charge in [0.1, 0.15) is 0 Å². The second-order valence-electron chi connectivity index (χ2n) is 13.8. The molecule has 2 bridgehead atoms. The number of benzene rings is 2.